The number of aromatic nitrogens is 2. The van der Waals surface area contributed by atoms with Crippen LogP contribution in [0.2, 0.25) is 0 Å². The minimum atomic E-state index is 0.393. The van der Waals surface area contributed by atoms with Crippen LogP contribution in [0.1, 0.15) is 17.7 Å². The van der Waals surface area contributed by atoms with Crippen LogP contribution in [0.4, 0.5) is 0 Å². The first-order valence-electron chi connectivity index (χ1n) is 5.74. The number of fused-ring (bicyclic) bond motifs is 1. The van der Waals surface area contributed by atoms with Crippen molar-refractivity contribution in [3.63, 3.8) is 0 Å². The van der Waals surface area contributed by atoms with E-state index >= 15 is 0 Å². The lowest BCUT2D eigenvalue weighted by molar-refractivity contribution is 1.06. The molecule has 0 saturated heterocycles. The lowest BCUT2D eigenvalue weighted by atomic mass is 10.2. The Morgan fingerprint density at radius 2 is 1.94 bits per heavy atom. The van der Waals surface area contributed by atoms with Gasteiger partial charge in [0.25, 0.3) is 0 Å². The Balaban J connectivity index is 1.91. The van der Waals surface area contributed by atoms with Gasteiger partial charge in [-0.05, 0) is 23.9 Å². The molecule has 0 aliphatic carbocycles. The molecule has 4 heteroatoms. The van der Waals surface area contributed by atoms with Crippen LogP contribution in [0.3, 0.4) is 0 Å². The normalized spacial score (nSPS) is 12.7. The summed E-state index contributed by atoms with van der Waals surface area (Å²) in [5.41, 5.74) is 1.32. The standard InChI is InChI=1S/C14H12N2S2/c1-10(11-5-3-2-4-6-11)18-14-12-7-8-17-13(12)15-9-16-14/h2-10H,1H3/t10-/m1/s1. The molecule has 3 rings (SSSR count). The lowest BCUT2D eigenvalue weighted by Crippen LogP contribution is -1.90. The van der Waals surface area contributed by atoms with E-state index in [0.29, 0.717) is 5.25 Å². The molecule has 0 aliphatic rings. The van der Waals surface area contributed by atoms with Crippen LogP contribution < -0.4 is 0 Å². The van der Waals surface area contributed by atoms with Gasteiger partial charge in [0.05, 0.1) is 0 Å². The van der Waals surface area contributed by atoms with E-state index in [0.717, 1.165) is 15.2 Å². The largest absolute Gasteiger partial charge is 0.229 e. The van der Waals surface area contributed by atoms with Gasteiger partial charge in [-0.15, -0.1) is 11.3 Å². The number of rotatable bonds is 3. The summed E-state index contributed by atoms with van der Waals surface area (Å²) in [6.45, 7) is 2.21. The van der Waals surface area contributed by atoms with E-state index in [9.17, 15) is 0 Å². The predicted molar refractivity (Wildman–Crippen MR) is 78.1 cm³/mol. The van der Waals surface area contributed by atoms with Gasteiger partial charge in [0.2, 0.25) is 0 Å². The van der Waals surface area contributed by atoms with Crippen LogP contribution in [0, 0.1) is 0 Å². The summed E-state index contributed by atoms with van der Waals surface area (Å²) in [6.07, 6.45) is 1.65. The smallest absolute Gasteiger partial charge is 0.127 e. The van der Waals surface area contributed by atoms with Gasteiger partial charge in [-0.1, -0.05) is 42.1 Å². The third-order valence-corrected chi connectivity index (χ3v) is 4.78. The molecule has 3 aromatic rings. The van der Waals surface area contributed by atoms with Crippen molar-refractivity contribution in [1.82, 2.24) is 9.97 Å². The number of thiophene rings is 1. The van der Waals surface area contributed by atoms with Crippen molar-refractivity contribution < 1.29 is 0 Å². The zero-order chi connectivity index (χ0) is 12.4. The zero-order valence-corrected chi connectivity index (χ0v) is 11.5. The summed E-state index contributed by atoms with van der Waals surface area (Å²) in [6, 6.07) is 12.6. The van der Waals surface area contributed by atoms with E-state index in [1.807, 2.05) is 6.07 Å². The SMILES string of the molecule is C[C@@H](Sc1ncnc2sccc12)c1ccccc1. The van der Waals surface area contributed by atoms with Crippen LogP contribution in [0.5, 0.6) is 0 Å². The maximum atomic E-state index is 4.40. The van der Waals surface area contributed by atoms with Gasteiger partial charge >= 0.3 is 0 Å². The first-order chi connectivity index (χ1) is 8.84. The van der Waals surface area contributed by atoms with Crippen LogP contribution in [0.15, 0.2) is 53.1 Å². The Labute approximate surface area is 114 Å². The summed E-state index contributed by atoms with van der Waals surface area (Å²) in [5.74, 6) is 0. The third-order valence-electron chi connectivity index (χ3n) is 2.78. The molecular formula is C14H12N2S2. The third kappa shape index (κ3) is 2.26. The zero-order valence-electron chi connectivity index (χ0n) is 9.91. The van der Waals surface area contributed by atoms with Gasteiger partial charge in [-0.3, -0.25) is 0 Å². The maximum Gasteiger partial charge on any atom is 0.127 e. The second kappa shape index (κ2) is 5.08. The topological polar surface area (TPSA) is 25.8 Å². The Hall–Kier alpha value is -1.39. The van der Waals surface area contributed by atoms with Gasteiger partial charge < -0.3 is 0 Å². The molecule has 18 heavy (non-hydrogen) atoms. The van der Waals surface area contributed by atoms with Gasteiger partial charge in [-0.2, -0.15) is 0 Å². The molecule has 2 aromatic heterocycles. The molecule has 0 bridgehead atoms. The highest BCUT2D eigenvalue weighted by Crippen LogP contribution is 2.37. The lowest BCUT2D eigenvalue weighted by Gasteiger charge is -2.11. The van der Waals surface area contributed by atoms with Gasteiger partial charge in [0.1, 0.15) is 16.2 Å². The molecule has 1 atom stereocenters. The van der Waals surface area contributed by atoms with E-state index in [-0.39, 0.29) is 0 Å². The van der Waals surface area contributed by atoms with E-state index in [1.165, 1.54) is 5.56 Å². The second-order valence-electron chi connectivity index (χ2n) is 3.99. The molecule has 0 aliphatic heterocycles. The van der Waals surface area contributed by atoms with Crippen LogP contribution in [-0.4, -0.2) is 9.97 Å². The number of hydrogen-bond acceptors (Lipinski definition) is 4. The highest BCUT2D eigenvalue weighted by molar-refractivity contribution is 7.99. The van der Waals surface area contributed by atoms with Crippen molar-refractivity contribution in [2.75, 3.05) is 0 Å². The van der Waals surface area contributed by atoms with Gasteiger partial charge in [-0.25, -0.2) is 9.97 Å². The second-order valence-corrected chi connectivity index (χ2v) is 6.21. The molecule has 90 valence electrons. The van der Waals surface area contributed by atoms with E-state index in [2.05, 4.69) is 52.6 Å². The Bertz CT molecular complexity index is 649. The average molecular weight is 272 g/mol. The number of nitrogens with zero attached hydrogens (tertiary/aromatic N) is 2. The fourth-order valence-electron chi connectivity index (χ4n) is 1.82. The number of thioether (sulfide) groups is 1. The first-order valence-corrected chi connectivity index (χ1v) is 7.50. The molecule has 0 radical (unpaired) electrons. The van der Waals surface area contributed by atoms with Crippen molar-refractivity contribution in [3.8, 4) is 0 Å². The predicted octanol–water partition coefficient (Wildman–Crippen LogP) is 4.54. The molecule has 0 N–H and O–H groups in total. The molecule has 0 fully saturated rings. The van der Waals surface area contributed by atoms with E-state index < -0.39 is 0 Å². The first kappa shape index (κ1) is 11.7. The van der Waals surface area contributed by atoms with Crippen LogP contribution in [-0.2, 0) is 0 Å². The molecule has 0 amide bonds. The molecule has 0 spiro atoms. The van der Waals surface area contributed by atoms with Crippen molar-refractivity contribution in [2.24, 2.45) is 0 Å². The minimum absolute atomic E-state index is 0.393. The Kier molecular flexibility index (Phi) is 3.30. The fourth-order valence-corrected chi connectivity index (χ4v) is 3.65. The van der Waals surface area contributed by atoms with E-state index in [4.69, 9.17) is 0 Å². The summed E-state index contributed by atoms with van der Waals surface area (Å²) in [7, 11) is 0. The highest BCUT2D eigenvalue weighted by atomic mass is 32.2. The molecule has 2 nitrogen and oxygen atoms in total. The van der Waals surface area contributed by atoms with Gasteiger partial charge in [0.15, 0.2) is 0 Å². The number of hydrogen-bond donors (Lipinski definition) is 0. The van der Waals surface area contributed by atoms with Gasteiger partial charge in [0, 0.05) is 10.6 Å². The van der Waals surface area contributed by atoms with Crippen molar-refractivity contribution >= 4 is 33.3 Å². The Morgan fingerprint density at radius 3 is 2.78 bits per heavy atom. The van der Waals surface area contributed by atoms with Crippen molar-refractivity contribution in [2.45, 2.75) is 17.2 Å². The quantitative estimate of drug-likeness (QED) is 0.517. The number of benzene rings is 1. The van der Waals surface area contributed by atoms with E-state index in [1.54, 1.807) is 29.4 Å². The molecular weight excluding hydrogens is 260 g/mol. The molecule has 0 unspecified atom stereocenters. The maximum absolute atomic E-state index is 4.40. The summed E-state index contributed by atoms with van der Waals surface area (Å²) < 4.78 is 0. The summed E-state index contributed by atoms with van der Waals surface area (Å²) in [4.78, 5) is 9.74. The average Bonchev–Trinajstić information content (AvgIpc) is 2.89. The highest BCUT2D eigenvalue weighted by Gasteiger charge is 2.11. The summed E-state index contributed by atoms with van der Waals surface area (Å²) >= 11 is 3.45. The fraction of sp³-hybridized carbons (Fsp3) is 0.143. The molecule has 2 heterocycles. The van der Waals surface area contributed by atoms with Crippen molar-refractivity contribution in [3.05, 3.63) is 53.7 Å². The molecule has 1 aromatic carbocycles. The Morgan fingerprint density at radius 1 is 1.11 bits per heavy atom. The monoisotopic (exact) mass is 272 g/mol. The minimum Gasteiger partial charge on any atom is -0.229 e. The summed E-state index contributed by atoms with van der Waals surface area (Å²) in [5, 5.41) is 4.69. The molecule has 0 saturated carbocycles. The van der Waals surface area contributed by atoms with Crippen LogP contribution in [0.25, 0.3) is 10.2 Å². The van der Waals surface area contributed by atoms with Crippen LogP contribution >= 0.6 is 23.1 Å². The van der Waals surface area contributed by atoms with Crippen molar-refractivity contribution in [1.29, 1.82) is 0 Å².